The monoisotopic (exact) mass is 565 g/mol. The number of nitrogens with zero attached hydrogens (tertiary/aromatic N) is 3. The fourth-order valence-electron chi connectivity index (χ4n) is 4.50. The molecular formula is C30H32ClN3O6. The summed E-state index contributed by atoms with van der Waals surface area (Å²) in [5, 5.41) is 10.1. The normalized spacial score (nSPS) is 12.8. The molecule has 0 unspecified atom stereocenters. The summed E-state index contributed by atoms with van der Waals surface area (Å²) in [5.74, 6) is 0.537. The largest absolute Gasteiger partial charge is 0.497 e. The number of hydrogen-bond donors (Lipinski definition) is 1. The third-order valence-electron chi connectivity index (χ3n) is 6.30. The number of benzene rings is 3. The topological polar surface area (TPSA) is 99.6 Å². The molecule has 0 bridgehead atoms. The molecule has 0 saturated carbocycles. The van der Waals surface area contributed by atoms with Crippen molar-refractivity contribution in [3.8, 4) is 5.75 Å². The van der Waals surface area contributed by atoms with Gasteiger partial charge in [0.15, 0.2) is 0 Å². The number of carbonyl (C=O) groups is 3. The lowest BCUT2D eigenvalue weighted by Crippen LogP contribution is -2.41. The molecule has 0 saturated heterocycles. The summed E-state index contributed by atoms with van der Waals surface area (Å²) in [6.07, 6.45) is -2.05. The van der Waals surface area contributed by atoms with E-state index in [1.165, 1.54) is 0 Å². The third kappa shape index (κ3) is 6.48. The summed E-state index contributed by atoms with van der Waals surface area (Å²) in [6.45, 7) is 5.55. The fraction of sp³-hybridized carbons (Fsp3) is 0.300. The van der Waals surface area contributed by atoms with Crippen LogP contribution in [0.2, 0.25) is 5.02 Å². The molecule has 3 aromatic rings. The van der Waals surface area contributed by atoms with Crippen LogP contribution in [-0.4, -0.2) is 53.9 Å². The van der Waals surface area contributed by atoms with Gasteiger partial charge in [-0.3, -0.25) is 4.79 Å². The van der Waals surface area contributed by atoms with Gasteiger partial charge in [-0.2, -0.15) is 0 Å². The molecule has 3 amide bonds. The van der Waals surface area contributed by atoms with E-state index in [2.05, 4.69) is 0 Å². The Hall–Kier alpha value is -4.24. The molecule has 3 aromatic carbocycles. The van der Waals surface area contributed by atoms with Crippen molar-refractivity contribution >= 4 is 46.8 Å². The highest BCUT2D eigenvalue weighted by molar-refractivity contribution is 6.31. The molecule has 0 spiro atoms. The molecule has 9 nitrogen and oxygen atoms in total. The van der Waals surface area contributed by atoms with Crippen LogP contribution in [0.1, 0.15) is 43.1 Å². The van der Waals surface area contributed by atoms with Crippen molar-refractivity contribution in [2.24, 2.45) is 0 Å². The standard InChI is InChI=1S/C30H32ClN3O6/c1-30(2,3)40-29(38)33(28(36)37)17-7-16-32-24-9-6-5-8-23(24)27(35)34(25-15-12-21(31)18-26(25)32)19-20-10-13-22(39-4)14-11-20/h5-6,8-15,18H,7,16-17,19H2,1-4H3,(H,36,37). The van der Waals surface area contributed by atoms with Gasteiger partial charge in [-0.15, -0.1) is 0 Å². The van der Waals surface area contributed by atoms with Gasteiger partial charge in [0.25, 0.3) is 5.91 Å². The maximum absolute atomic E-state index is 13.9. The number of carbonyl (C=O) groups excluding carboxylic acids is 2. The highest BCUT2D eigenvalue weighted by Crippen LogP contribution is 2.42. The first-order chi connectivity index (χ1) is 19.0. The van der Waals surface area contributed by atoms with Gasteiger partial charge in [0.05, 0.1) is 36.3 Å². The van der Waals surface area contributed by atoms with Gasteiger partial charge < -0.3 is 24.4 Å². The molecule has 1 aliphatic rings. The number of rotatable bonds is 7. The average molecular weight is 566 g/mol. The predicted octanol–water partition coefficient (Wildman–Crippen LogP) is 6.95. The van der Waals surface area contributed by atoms with Crippen LogP contribution in [0.5, 0.6) is 5.75 Å². The molecule has 0 radical (unpaired) electrons. The third-order valence-corrected chi connectivity index (χ3v) is 6.53. The minimum absolute atomic E-state index is 0.0949. The van der Waals surface area contributed by atoms with Crippen LogP contribution in [0.25, 0.3) is 0 Å². The quantitative estimate of drug-likeness (QED) is 0.331. The maximum atomic E-state index is 13.9. The Kier molecular flexibility index (Phi) is 8.54. The van der Waals surface area contributed by atoms with Crippen LogP contribution in [0.4, 0.5) is 26.7 Å². The summed E-state index contributed by atoms with van der Waals surface area (Å²) in [5.41, 5.74) is 2.58. The van der Waals surface area contributed by atoms with Crippen molar-refractivity contribution in [3.05, 3.63) is 82.9 Å². The molecule has 1 heterocycles. The molecule has 40 heavy (non-hydrogen) atoms. The van der Waals surface area contributed by atoms with Gasteiger partial charge in [0.1, 0.15) is 11.4 Å². The first-order valence-electron chi connectivity index (χ1n) is 12.8. The average Bonchev–Trinajstić information content (AvgIpc) is 2.99. The number of ether oxygens (including phenoxy) is 2. The van der Waals surface area contributed by atoms with Crippen LogP contribution in [0, 0.1) is 0 Å². The maximum Gasteiger partial charge on any atom is 0.419 e. The van der Waals surface area contributed by atoms with Crippen LogP contribution >= 0.6 is 11.6 Å². The van der Waals surface area contributed by atoms with E-state index in [-0.39, 0.29) is 18.9 Å². The van der Waals surface area contributed by atoms with Crippen molar-refractivity contribution in [2.45, 2.75) is 39.3 Å². The van der Waals surface area contributed by atoms with Crippen molar-refractivity contribution in [1.29, 1.82) is 0 Å². The Balaban J connectivity index is 1.68. The fourth-order valence-corrected chi connectivity index (χ4v) is 4.66. The second kappa shape index (κ2) is 11.9. The number of halogens is 1. The highest BCUT2D eigenvalue weighted by atomic mass is 35.5. The Morgan fingerprint density at radius 1 is 0.950 bits per heavy atom. The smallest absolute Gasteiger partial charge is 0.419 e. The summed E-state index contributed by atoms with van der Waals surface area (Å²) in [6, 6.07) is 20.1. The Morgan fingerprint density at radius 2 is 1.65 bits per heavy atom. The van der Waals surface area contributed by atoms with E-state index in [1.54, 1.807) is 57.0 Å². The summed E-state index contributed by atoms with van der Waals surface area (Å²) in [4.78, 5) is 42.6. The second-order valence-electron chi connectivity index (χ2n) is 10.3. The van der Waals surface area contributed by atoms with E-state index in [4.69, 9.17) is 21.1 Å². The van der Waals surface area contributed by atoms with Crippen molar-refractivity contribution in [3.63, 3.8) is 0 Å². The molecule has 10 heteroatoms. The minimum atomic E-state index is -1.39. The summed E-state index contributed by atoms with van der Waals surface area (Å²) < 4.78 is 10.5. The van der Waals surface area contributed by atoms with Crippen LogP contribution < -0.4 is 14.5 Å². The molecule has 1 N–H and O–H groups in total. The van der Waals surface area contributed by atoms with E-state index in [0.29, 0.717) is 45.6 Å². The van der Waals surface area contributed by atoms with Gasteiger partial charge in [-0.05, 0) is 75.2 Å². The first-order valence-corrected chi connectivity index (χ1v) is 13.2. The van der Waals surface area contributed by atoms with Crippen molar-refractivity contribution < 1.29 is 29.0 Å². The number of imide groups is 1. The lowest BCUT2D eigenvalue weighted by atomic mass is 10.1. The van der Waals surface area contributed by atoms with E-state index >= 15 is 0 Å². The summed E-state index contributed by atoms with van der Waals surface area (Å²) >= 11 is 6.44. The number of carboxylic acid groups (broad SMARTS) is 1. The van der Waals surface area contributed by atoms with E-state index in [9.17, 15) is 19.5 Å². The van der Waals surface area contributed by atoms with Crippen LogP contribution in [0.3, 0.4) is 0 Å². The number of para-hydroxylation sites is 1. The van der Waals surface area contributed by atoms with E-state index in [1.807, 2.05) is 47.4 Å². The molecule has 0 aromatic heterocycles. The Morgan fingerprint density at radius 3 is 2.30 bits per heavy atom. The molecule has 0 aliphatic carbocycles. The summed E-state index contributed by atoms with van der Waals surface area (Å²) in [7, 11) is 1.60. The van der Waals surface area contributed by atoms with Gasteiger partial charge in [0.2, 0.25) is 0 Å². The zero-order valence-electron chi connectivity index (χ0n) is 22.9. The Bertz CT molecular complexity index is 1400. The zero-order valence-corrected chi connectivity index (χ0v) is 23.6. The van der Waals surface area contributed by atoms with Gasteiger partial charge in [-0.25, -0.2) is 14.5 Å². The molecule has 0 atom stereocenters. The number of methoxy groups -OCH3 is 1. The lowest BCUT2D eigenvalue weighted by molar-refractivity contribution is 0.0269. The second-order valence-corrected chi connectivity index (χ2v) is 10.7. The lowest BCUT2D eigenvalue weighted by Gasteiger charge is -2.29. The first kappa shape index (κ1) is 28.8. The molecule has 1 aliphatic heterocycles. The number of fused-ring (bicyclic) bond motifs is 2. The zero-order chi connectivity index (χ0) is 29.0. The number of hydrogen-bond acceptors (Lipinski definition) is 6. The molecular weight excluding hydrogens is 534 g/mol. The minimum Gasteiger partial charge on any atom is -0.497 e. The Labute approximate surface area is 238 Å². The van der Waals surface area contributed by atoms with Gasteiger partial charge in [0, 0.05) is 18.1 Å². The van der Waals surface area contributed by atoms with Crippen LogP contribution in [-0.2, 0) is 11.3 Å². The van der Waals surface area contributed by atoms with Crippen LogP contribution in [0.15, 0.2) is 66.7 Å². The van der Waals surface area contributed by atoms with Gasteiger partial charge in [-0.1, -0.05) is 35.9 Å². The van der Waals surface area contributed by atoms with Gasteiger partial charge >= 0.3 is 12.2 Å². The number of amides is 3. The molecule has 4 rings (SSSR count). The predicted molar refractivity (Wildman–Crippen MR) is 154 cm³/mol. The van der Waals surface area contributed by atoms with Crippen molar-refractivity contribution in [2.75, 3.05) is 30.0 Å². The van der Waals surface area contributed by atoms with E-state index in [0.717, 1.165) is 11.3 Å². The molecule has 210 valence electrons. The molecule has 0 fully saturated rings. The SMILES string of the molecule is COc1ccc(CN2C(=O)c3ccccc3N(CCCN(C(=O)O)C(=O)OC(C)(C)C)c3cc(Cl)ccc32)cc1. The number of anilines is 3. The van der Waals surface area contributed by atoms with Crippen molar-refractivity contribution in [1.82, 2.24) is 4.90 Å². The van der Waals surface area contributed by atoms with E-state index < -0.39 is 17.8 Å². The highest BCUT2D eigenvalue weighted by Gasteiger charge is 2.32.